The van der Waals surface area contributed by atoms with Gasteiger partial charge < -0.3 is 4.90 Å². The van der Waals surface area contributed by atoms with E-state index in [1.807, 2.05) is 24.0 Å². The summed E-state index contributed by atoms with van der Waals surface area (Å²) < 4.78 is 42.1. The van der Waals surface area contributed by atoms with Crippen molar-refractivity contribution in [1.29, 1.82) is 0 Å². The molecule has 4 heterocycles. The highest BCUT2D eigenvalue weighted by Gasteiger charge is 2.33. The summed E-state index contributed by atoms with van der Waals surface area (Å²) in [5.74, 6) is 0.526. The van der Waals surface area contributed by atoms with Crippen LogP contribution in [0.15, 0.2) is 35.5 Å². The third-order valence-corrected chi connectivity index (χ3v) is 5.41. The number of aromatic nitrogens is 5. The number of anilines is 1. The molecule has 0 unspecified atom stereocenters. The molecule has 0 aromatic carbocycles. The second-order valence-electron chi connectivity index (χ2n) is 7.17. The smallest absolute Gasteiger partial charge is 0.356 e. The summed E-state index contributed by atoms with van der Waals surface area (Å²) in [4.78, 5) is 26.3. The van der Waals surface area contributed by atoms with E-state index in [0.29, 0.717) is 31.8 Å². The van der Waals surface area contributed by atoms with Gasteiger partial charge in [-0.05, 0) is 37.8 Å². The number of halogens is 3. The maximum Gasteiger partial charge on any atom is 0.433 e. The van der Waals surface area contributed by atoms with Crippen LogP contribution in [0.25, 0.3) is 11.2 Å². The zero-order valence-corrected chi connectivity index (χ0v) is 15.9. The van der Waals surface area contributed by atoms with Gasteiger partial charge in [-0.25, -0.2) is 19.7 Å². The Hall–Kier alpha value is -2.91. The minimum absolute atomic E-state index is 0.0748. The molecule has 0 amide bonds. The second-order valence-corrected chi connectivity index (χ2v) is 7.17. The van der Waals surface area contributed by atoms with Crippen molar-refractivity contribution in [2.75, 3.05) is 18.0 Å². The Labute approximate surface area is 164 Å². The first-order valence-corrected chi connectivity index (χ1v) is 9.56. The molecule has 1 saturated heterocycles. The molecule has 0 N–H and O–H groups in total. The van der Waals surface area contributed by atoms with Crippen molar-refractivity contribution in [2.45, 2.75) is 39.0 Å². The van der Waals surface area contributed by atoms with Gasteiger partial charge in [0.1, 0.15) is 17.8 Å². The van der Waals surface area contributed by atoms with Gasteiger partial charge in [-0.1, -0.05) is 0 Å². The predicted octanol–water partition coefficient (Wildman–Crippen LogP) is 2.94. The maximum atomic E-state index is 12.9. The monoisotopic (exact) mass is 406 g/mol. The van der Waals surface area contributed by atoms with E-state index < -0.39 is 11.9 Å². The minimum Gasteiger partial charge on any atom is -0.356 e. The van der Waals surface area contributed by atoms with E-state index in [9.17, 15) is 18.0 Å². The molecule has 1 fully saturated rings. The Morgan fingerprint density at radius 2 is 1.90 bits per heavy atom. The summed E-state index contributed by atoms with van der Waals surface area (Å²) >= 11 is 0. The van der Waals surface area contributed by atoms with Crippen molar-refractivity contribution in [1.82, 2.24) is 24.1 Å². The van der Waals surface area contributed by atoms with Crippen LogP contribution in [0.4, 0.5) is 19.0 Å². The molecular weight excluding hydrogens is 385 g/mol. The second kappa shape index (κ2) is 7.49. The molecule has 29 heavy (non-hydrogen) atoms. The van der Waals surface area contributed by atoms with Crippen LogP contribution in [0.1, 0.15) is 25.5 Å². The number of fused-ring (bicyclic) bond motifs is 1. The molecule has 0 radical (unpaired) electrons. The van der Waals surface area contributed by atoms with Crippen molar-refractivity contribution in [3.05, 3.63) is 46.9 Å². The van der Waals surface area contributed by atoms with Crippen LogP contribution < -0.4 is 10.6 Å². The Kier molecular flexibility index (Phi) is 5.01. The number of rotatable bonds is 4. The highest BCUT2D eigenvalue weighted by Crippen LogP contribution is 2.30. The van der Waals surface area contributed by atoms with Crippen LogP contribution in [-0.2, 0) is 19.3 Å². The SMILES string of the molecule is CCn1c(=O)n(CC2CCN(c3cc(C(F)(F)F)ncn3)CC2)c2ncccc21. The van der Waals surface area contributed by atoms with Gasteiger partial charge >= 0.3 is 11.9 Å². The summed E-state index contributed by atoms with van der Waals surface area (Å²) in [6.45, 7) is 4.20. The quantitative estimate of drug-likeness (QED) is 0.666. The van der Waals surface area contributed by atoms with Gasteiger partial charge in [0, 0.05) is 38.4 Å². The number of nitrogens with zero attached hydrogens (tertiary/aromatic N) is 6. The number of pyridine rings is 1. The third kappa shape index (κ3) is 3.70. The Bertz CT molecular complexity index is 1070. The van der Waals surface area contributed by atoms with Gasteiger partial charge in [-0.15, -0.1) is 0 Å². The van der Waals surface area contributed by atoms with E-state index >= 15 is 0 Å². The van der Waals surface area contributed by atoms with Crippen LogP contribution in [0.5, 0.6) is 0 Å². The highest BCUT2D eigenvalue weighted by atomic mass is 19.4. The van der Waals surface area contributed by atoms with Crippen LogP contribution in [0.3, 0.4) is 0 Å². The number of hydrogen-bond donors (Lipinski definition) is 0. The van der Waals surface area contributed by atoms with Crippen molar-refractivity contribution in [3.63, 3.8) is 0 Å². The summed E-state index contributed by atoms with van der Waals surface area (Å²) in [6, 6.07) is 4.69. The van der Waals surface area contributed by atoms with Gasteiger partial charge in [0.2, 0.25) is 0 Å². The Morgan fingerprint density at radius 3 is 2.59 bits per heavy atom. The molecule has 0 spiro atoms. The first kappa shape index (κ1) is 19.4. The number of hydrogen-bond acceptors (Lipinski definition) is 5. The third-order valence-electron chi connectivity index (χ3n) is 5.41. The average molecular weight is 406 g/mol. The molecule has 7 nitrogen and oxygen atoms in total. The van der Waals surface area contributed by atoms with E-state index in [0.717, 1.165) is 30.8 Å². The van der Waals surface area contributed by atoms with E-state index in [-0.39, 0.29) is 17.4 Å². The summed E-state index contributed by atoms with van der Waals surface area (Å²) in [7, 11) is 0. The van der Waals surface area contributed by atoms with Crippen LogP contribution in [0, 0.1) is 5.92 Å². The lowest BCUT2D eigenvalue weighted by Crippen LogP contribution is -2.37. The highest BCUT2D eigenvalue weighted by molar-refractivity contribution is 5.71. The van der Waals surface area contributed by atoms with Gasteiger partial charge in [-0.2, -0.15) is 13.2 Å². The van der Waals surface area contributed by atoms with Crippen molar-refractivity contribution < 1.29 is 13.2 Å². The summed E-state index contributed by atoms with van der Waals surface area (Å²) in [5, 5.41) is 0. The molecular formula is C19H21F3N6O. The van der Waals surface area contributed by atoms with Crippen molar-refractivity contribution >= 4 is 17.0 Å². The van der Waals surface area contributed by atoms with Crippen LogP contribution in [-0.4, -0.2) is 37.2 Å². The molecule has 3 aromatic heterocycles. The molecule has 10 heteroatoms. The first-order chi connectivity index (χ1) is 13.9. The standard InChI is InChI=1S/C19H21F3N6O/c1-2-27-14-4-3-7-23-17(14)28(18(27)29)11-13-5-8-26(9-6-13)16-10-15(19(20,21)22)24-12-25-16/h3-4,7,10,12-13H,2,5-6,8-9,11H2,1H3. The van der Waals surface area contributed by atoms with Gasteiger partial charge in [0.15, 0.2) is 5.65 Å². The molecule has 0 bridgehead atoms. The lowest BCUT2D eigenvalue weighted by molar-refractivity contribution is -0.141. The van der Waals surface area contributed by atoms with E-state index in [4.69, 9.17) is 0 Å². The minimum atomic E-state index is -4.49. The number of imidazole rings is 1. The molecule has 1 aliphatic heterocycles. The fraction of sp³-hybridized carbons (Fsp3) is 0.474. The molecule has 0 atom stereocenters. The fourth-order valence-corrected chi connectivity index (χ4v) is 3.89. The zero-order chi connectivity index (χ0) is 20.6. The average Bonchev–Trinajstić information content (AvgIpc) is 2.99. The lowest BCUT2D eigenvalue weighted by atomic mass is 9.96. The zero-order valence-electron chi connectivity index (χ0n) is 15.9. The molecule has 3 aromatic rings. The fourth-order valence-electron chi connectivity index (χ4n) is 3.89. The van der Waals surface area contributed by atoms with E-state index in [1.54, 1.807) is 15.3 Å². The summed E-state index contributed by atoms with van der Waals surface area (Å²) in [5.41, 5.74) is 0.481. The van der Waals surface area contributed by atoms with Crippen molar-refractivity contribution in [3.8, 4) is 0 Å². The van der Waals surface area contributed by atoms with Crippen LogP contribution in [0.2, 0.25) is 0 Å². The molecule has 0 saturated carbocycles. The van der Waals surface area contributed by atoms with E-state index in [2.05, 4.69) is 15.0 Å². The largest absolute Gasteiger partial charge is 0.433 e. The Morgan fingerprint density at radius 1 is 1.14 bits per heavy atom. The molecule has 0 aliphatic carbocycles. The lowest BCUT2D eigenvalue weighted by Gasteiger charge is -2.33. The molecule has 1 aliphatic rings. The number of aryl methyl sites for hydroxylation is 1. The summed E-state index contributed by atoms with van der Waals surface area (Å²) in [6.07, 6.45) is -0.353. The van der Waals surface area contributed by atoms with Crippen LogP contribution >= 0.6 is 0 Å². The topological polar surface area (TPSA) is 68.8 Å². The molecule has 4 rings (SSSR count). The van der Waals surface area contributed by atoms with Gasteiger partial charge in [0.05, 0.1) is 5.52 Å². The maximum absolute atomic E-state index is 12.9. The van der Waals surface area contributed by atoms with Gasteiger partial charge in [-0.3, -0.25) is 9.13 Å². The molecule has 154 valence electrons. The van der Waals surface area contributed by atoms with Gasteiger partial charge in [0.25, 0.3) is 0 Å². The number of piperidine rings is 1. The number of alkyl halides is 3. The van der Waals surface area contributed by atoms with E-state index in [1.165, 1.54) is 0 Å². The Balaban J connectivity index is 1.49. The first-order valence-electron chi connectivity index (χ1n) is 9.56. The predicted molar refractivity (Wildman–Crippen MR) is 102 cm³/mol. The van der Waals surface area contributed by atoms with Crippen molar-refractivity contribution in [2.24, 2.45) is 5.92 Å². The normalized spacial score (nSPS) is 15.9.